The Morgan fingerprint density at radius 2 is 1.87 bits per heavy atom. The third-order valence-corrected chi connectivity index (χ3v) is 4.43. The molecule has 2 fully saturated rings. The smallest absolute Gasteiger partial charge is 0.0110 e. The average Bonchev–Trinajstić information content (AvgIpc) is 2.29. The molecule has 2 nitrogen and oxygen atoms in total. The molecule has 1 aliphatic carbocycles. The Kier molecular flexibility index (Phi) is 4.04. The molecule has 2 heteroatoms. The average molecular weight is 210 g/mol. The van der Waals surface area contributed by atoms with Crippen molar-refractivity contribution >= 4 is 0 Å². The van der Waals surface area contributed by atoms with Crippen LogP contribution in [0.2, 0.25) is 0 Å². The molecule has 0 aromatic rings. The predicted molar refractivity (Wildman–Crippen MR) is 64.8 cm³/mol. The van der Waals surface area contributed by atoms with E-state index in [-0.39, 0.29) is 0 Å². The molecule has 0 radical (unpaired) electrons. The van der Waals surface area contributed by atoms with Crippen LogP contribution in [0.25, 0.3) is 0 Å². The zero-order valence-electron chi connectivity index (χ0n) is 10.1. The standard InChI is InChI=1S/C13H26N2/c1-2-11-6-8-15(9-7-11)13-5-3-4-12(14)10-13/h11-13H,2-10,14H2,1H3. The Hall–Kier alpha value is -0.0800. The van der Waals surface area contributed by atoms with Gasteiger partial charge in [0.2, 0.25) is 0 Å². The molecule has 1 saturated carbocycles. The maximum absolute atomic E-state index is 6.06. The van der Waals surface area contributed by atoms with Crippen LogP contribution in [-0.2, 0) is 0 Å². The van der Waals surface area contributed by atoms with Gasteiger partial charge in [-0.2, -0.15) is 0 Å². The normalized spacial score (nSPS) is 35.6. The van der Waals surface area contributed by atoms with Crippen molar-refractivity contribution in [2.75, 3.05) is 13.1 Å². The van der Waals surface area contributed by atoms with Crippen LogP contribution in [-0.4, -0.2) is 30.1 Å². The quantitative estimate of drug-likeness (QED) is 0.758. The van der Waals surface area contributed by atoms with E-state index in [1.165, 1.54) is 58.0 Å². The van der Waals surface area contributed by atoms with Crippen LogP contribution in [0.4, 0.5) is 0 Å². The molecule has 88 valence electrons. The van der Waals surface area contributed by atoms with Crippen molar-refractivity contribution in [3.8, 4) is 0 Å². The van der Waals surface area contributed by atoms with Crippen molar-refractivity contribution in [3.05, 3.63) is 0 Å². The van der Waals surface area contributed by atoms with Gasteiger partial charge in [0.05, 0.1) is 0 Å². The monoisotopic (exact) mass is 210 g/mol. The summed E-state index contributed by atoms with van der Waals surface area (Å²) in [6.45, 7) is 4.99. The number of nitrogens with zero attached hydrogens (tertiary/aromatic N) is 1. The first-order valence-electron chi connectivity index (χ1n) is 6.79. The van der Waals surface area contributed by atoms with Crippen LogP contribution >= 0.6 is 0 Å². The molecule has 0 bridgehead atoms. The molecule has 0 amide bonds. The van der Waals surface area contributed by atoms with Gasteiger partial charge < -0.3 is 10.6 Å². The van der Waals surface area contributed by atoms with Gasteiger partial charge in [0.15, 0.2) is 0 Å². The summed E-state index contributed by atoms with van der Waals surface area (Å²) in [6.07, 6.45) is 9.45. The maximum Gasteiger partial charge on any atom is 0.0110 e. The number of likely N-dealkylation sites (tertiary alicyclic amines) is 1. The largest absolute Gasteiger partial charge is 0.328 e. The summed E-state index contributed by atoms with van der Waals surface area (Å²) in [5.74, 6) is 0.999. The van der Waals surface area contributed by atoms with Crippen LogP contribution in [0.15, 0.2) is 0 Å². The van der Waals surface area contributed by atoms with Crippen molar-refractivity contribution in [2.45, 2.75) is 64.0 Å². The lowest BCUT2D eigenvalue weighted by atomic mass is 9.87. The molecule has 15 heavy (non-hydrogen) atoms. The maximum atomic E-state index is 6.06. The van der Waals surface area contributed by atoms with E-state index >= 15 is 0 Å². The van der Waals surface area contributed by atoms with Gasteiger partial charge in [-0.15, -0.1) is 0 Å². The van der Waals surface area contributed by atoms with Crippen LogP contribution in [0.1, 0.15) is 51.9 Å². The van der Waals surface area contributed by atoms with Crippen LogP contribution < -0.4 is 5.73 Å². The fourth-order valence-electron chi connectivity index (χ4n) is 3.26. The summed E-state index contributed by atoms with van der Waals surface area (Å²) in [5.41, 5.74) is 6.06. The van der Waals surface area contributed by atoms with Crippen molar-refractivity contribution < 1.29 is 0 Å². The zero-order chi connectivity index (χ0) is 10.7. The lowest BCUT2D eigenvalue weighted by Crippen LogP contribution is -2.46. The molecule has 2 rings (SSSR count). The van der Waals surface area contributed by atoms with Crippen molar-refractivity contribution in [1.29, 1.82) is 0 Å². The second-order valence-corrected chi connectivity index (χ2v) is 5.47. The topological polar surface area (TPSA) is 29.3 Å². The number of hydrogen-bond acceptors (Lipinski definition) is 2. The fourth-order valence-corrected chi connectivity index (χ4v) is 3.26. The highest BCUT2D eigenvalue weighted by molar-refractivity contribution is 4.84. The second-order valence-electron chi connectivity index (χ2n) is 5.47. The minimum absolute atomic E-state index is 0.479. The van der Waals surface area contributed by atoms with Gasteiger partial charge in [-0.1, -0.05) is 19.8 Å². The minimum atomic E-state index is 0.479. The van der Waals surface area contributed by atoms with Gasteiger partial charge in [0.1, 0.15) is 0 Å². The van der Waals surface area contributed by atoms with E-state index in [2.05, 4.69) is 11.8 Å². The molecule has 1 saturated heterocycles. The minimum Gasteiger partial charge on any atom is -0.328 e. The molecule has 2 unspecified atom stereocenters. The highest BCUT2D eigenvalue weighted by Crippen LogP contribution is 2.27. The number of hydrogen-bond donors (Lipinski definition) is 1. The highest BCUT2D eigenvalue weighted by Gasteiger charge is 2.27. The Labute approximate surface area is 94.2 Å². The van der Waals surface area contributed by atoms with E-state index in [0.717, 1.165) is 12.0 Å². The number of nitrogens with two attached hydrogens (primary N) is 1. The van der Waals surface area contributed by atoms with E-state index in [9.17, 15) is 0 Å². The molecular weight excluding hydrogens is 184 g/mol. The first-order chi connectivity index (χ1) is 7.29. The molecule has 0 aromatic carbocycles. The number of rotatable bonds is 2. The summed E-state index contributed by atoms with van der Waals surface area (Å²) < 4.78 is 0. The van der Waals surface area contributed by atoms with Crippen LogP contribution in [0.5, 0.6) is 0 Å². The van der Waals surface area contributed by atoms with Crippen molar-refractivity contribution in [2.24, 2.45) is 11.7 Å². The van der Waals surface area contributed by atoms with Gasteiger partial charge in [0, 0.05) is 12.1 Å². The predicted octanol–water partition coefficient (Wildman–Crippen LogP) is 2.38. The Balaban J connectivity index is 1.79. The Morgan fingerprint density at radius 3 is 2.47 bits per heavy atom. The van der Waals surface area contributed by atoms with Gasteiger partial charge in [0.25, 0.3) is 0 Å². The SMILES string of the molecule is CCC1CCN(C2CCCC(N)C2)CC1. The summed E-state index contributed by atoms with van der Waals surface area (Å²) in [7, 11) is 0. The van der Waals surface area contributed by atoms with Gasteiger partial charge >= 0.3 is 0 Å². The molecule has 0 aromatic heterocycles. The van der Waals surface area contributed by atoms with E-state index in [4.69, 9.17) is 5.73 Å². The van der Waals surface area contributed by atoms with Gasteiger partial charge in [-0.05, 0) is 51.1 Å². The van der Waals surface area contributed by atoms with E-state index in [1.807, 2.05) is 0 Å². The number of piperidine rings is 1. The first-order valence-corrected chi connectivity index (χ1v) is 6.79. The van der Waals surface area contributed by atoms with Crippen LogP contribution in [0.3, 0.4) is 0 Å². The third kappa shape index (κ3) is 2.94. The fraction of sp³-hybridized carbons (Fsp3) is 1.00. The van der Waals surface area contributed by atoms with E-state index in [0.29, 0.717) is 6.04 Å². The van der Waals surface area contributed by atoms with Crippen molar-refractivity contribution in [3.63, 3.8) is 0 Å². The molecule has 1 heterocycles. The molecule has 0 spiro atoms. The van der Waals surface area contributed by atoms with Crippen molar-refractivity contribution in [1.82, 2.24) is 4.90 Å². The first kappa shape index (κ1) is 11.4. The summed E-state index contributed by atoms with van der Waals surface area (Å²) in [5, 5.41) is 0. The zero-order valence-corrected chi connectivity index (χ0v) is 10.1. The van der Waals surface area contributed by atoms with Crippen LogP contribution in [0, 0.1) is 5.92 Å². The van der Waals surface area contributed by atoms with E-state index in [1.54, 1.807) is 0 Å². The summed E-state index contributed by atoms with van der Waals surface area (Å²) in [4.78, 5) is 2.71. The lowest BCUT2D eigenvalue weighted by Gasteiger charge is -2.40. The van der Waals surface area contributed by atoms with Gasteiger partial charge in [-0.25, -0.2) is 0 Å². The molecule has 2 aliphatic rings. The van der Waals surface area contributed by atoms with Gasteiger partial charge in [-0.3, -0.25) is 0 Å². The molecular formula is C13H26N2. The molecule has 2 N–H and O–H groups in total. The molecule has 2 atom stereocenters. The molecule has 1 aliphatic heterocycles. The highest BCUT2D eigenvalue weighted by atomic mass is 15.2. The lowest BCUT2D eigenvalue weighted by molar-refractivity contribution is 0.100. The second kappa shape index (κ2) is 5.31. The Bertz CT molecular complexity index is 185. The summed E-state index contributed by atoms with van der Waals surface area (Å²) >= 11 is 0. The summed E-state index contributed by atoms with van der Waals surface area (Å²) in [6, 6.07) is 1.29. The Morgan fingerprint density at radius 1 is 1.13 bits per heavy atom. The third-order valence-electron chi connectivity index (χ3n) is 4.43. The van der Waals surface area contributed by atoms with E-state index < -0.39 is 0 Å².